The number of aliphatic hydroxyl groups excluding tert-OH is 1. The Kier molecular flexibility index (Phi) is 3.36. The Balaban J connectivity index is 1.78. The van der Waals surface area contributed by atoms with E-state index in [0.29, 0.717) is 0 Å². The van der Waals surface area contributed by atoms with Gasteiger partial charge in [-0.05, 0) is 31.9 Å². The van der Waals surface area contributed by atoms with Gasteiger partial charge in [-0.1, -0.05) is 18.2 Å². The van der Waals surface area contributed by atoms with Crippen LogP contribution in [0.4, 0.5) is 0 Å². The first-order chi connectivity index (χ1) is 9.24. The fourth-order valence-electron chi connectivity index (χ4n) is 2.49. The van der Waals surface area contributed by atoms with Crippen LogP contribution >= 0.6 is 0 Å². The van der Waals surface area contributed by atoms with Gasteiger partial charge in [-0.15, -0.1) is 0 Å². The van der Waals surface area contributed by atoms with E-state index >= 15 is 0 Å². The van der Waals surface area contributed by atoms with Gasteiger partial charge in [-0.3, -0.25) is 0 Å². The molecule has 0 amide bonds. The van der Waals surface area contributed by atoms with Crippen molar-refractivity contribution in [2.45, 2.75) is 38.1 Å². The first-order valence-corrected chi connectivity index (χ1v) is 6.67. The van der Waals surface area contributed by atoms with Crippen molar-refractivity contribution in [3.63, 3.8) is 0 Å². The summed E-state index contributed by atoms with van der Waals surface area (Å²) in [7, 11) is 0. The van der Waals surface area contributed by atoms with E-state index in [1.807, 2.05) is 43.5 Å². The Morgan fingerprint density at radius 3 is 2.79 bits per heavy atom. The summed E-state index contributed by atoms with van der Waals surface area (Å²) in [5.74, 6) is 0. The van der Waals surface area contributed by atoms with Gasteiger partial charge in [-0.2, -0.15) is 5.10 Å². The molecule has 3 rings (SSSR count). The molecule has 0 aliphatic carbocycles. The van der Waals surface area contributed by atoms with Gasteiger partial charge in [0.25, 0.3) is 0 Å². The fourth-order valence-corrected chi connectivity index (χ4v) is 2.49. The van der Waals surface area contributed by atoms with Crippen LogP contribution < -0.4 is 0 Å². The topological polar surface area (TPSA) is 47.3 Å². The Hall–Kier alpha value is -1.65. The predicted molar refractivity (Wildman–Crippen MR) is 72.1 cm³/mol. The van der Waals surface area contributed by atoms with Crippen molar-refractivity contribution in [1.29, 1.82) is 0 Å². The summed E-state index contributed by atoms with van der Waals surface area (Å²) in [5.41, 5.74) is 1.80. The molecule has 4 nitrogen and oxygen atoms in total. The van der Waals surface area contributed by atoms with Crippen molar-refractivity contribution in [1.82, 2.24) is 9.78 Å². The molecule has 0 saturated carbocycles. The highest BCUT2D eigenvalue weighted by atomic mass is 16.5. The standard InChI is InChI=1S/C15H18N2O2/c1-11-7-8-14(19-11)15(18)12-9-16-17(10-12)13-5-3-2-4-6-13/h2-6,9-11,14-15,18H,7-8H2,1H3. The zero-order valence-corrected chi connectivity index (χ0v) is 10.9. The monoisotopic (exact) mass is 258 g/mol. The highest BCUT2D eigenvalue weighted by Gasteiger charge is 2.30. The largest absolute Gasteiger partial charge is 0.386 e. The van der Waals surface area contributed by atoms with Gasteiger partial charge in [0.05, 0.1) is 24.1 Å². The molecule has 1 aliphatic heterocycles. The minimum absolute atomic E-state index is 0.108. The van der Waals surface area contributed by atoms with E-state index in [2.05, 4.69) is 5.10 Å². The average Bonchev–Trinajstić information content (AvgIpc) is 3.08. The predicted octanol–water partition coefficient (Wildman–Crippen LogP) is 2.47. The van der Waals surface area contributed by atoms with Crippen molar-refractivity contribution in [3.8, 4) is 5.69 Å². The molecule has 3 unspecified atom stereocenters. The molecular formula is C15H18N2O2. The number of nitrogens with zero attached hydrogens (tertiary/aromatic N) is 2. The summed E-state index contributed by atoms with van der Waals surface area (Å²) in [6.07, 6.45) is 5.03. The Bertz CT molecular complexity index is 538. The molecule has 1 N–H and O–H groups in total. The number of hydrogen-bond donors (Lipinski definition) is 1. The minimum atomic E-state index is -0.595. The highest BCUT2D eigenvalue weighted by Crippen LogP contribution is 2.30. The van der Waals surface area contributed by atoms with Crippen molar-refractivity contribution < 1.29 is 9.84 Å². The summed E-state index contributed by atoms with van der Waals surface area (Å²) in [4.78, 5) is 0. The first-order valence-electron chi connectivity index (χ1n) is 6.67. The molecule has 3 atom stereocenters. The molecule has 2 aromatic rings. The minimum Gasteiger partial charge on any atom is -0.386 e. The van der Waals surface area contributed by atoms with Crippen molar-refractivity contribution in [2.75, 3.05) is 0 Å². The molecule has 100 valence electrons. The van der Waals surface area contributed by atoms with E-state index in [1.54, 1.807) is 10.9 Å². The fraction of sp³-hybridized carbons (Fsp3) is 0.400. The zero-order chi connectivity index (χ0) is 13.2. The van der Waals surface area contributed by atoms with Crippen LogP contribution in [0.1, 0.15) is 31.4 Å². The molecule has 1 fully saturated rings. The highest BCUT2D eigenvalue weighted by molar-refractivity contribution is 5.31. The van der Waals surface area contributed by atoms with Gasteiger partial charge in [0.15, 0.2) is 0 Å². The van der Waals surface area contributed by atoms with E-state index in [0.717, 1.165) is 24.1 Å². The lowest BCUT2D eigenvalue weighted by Gasteiger charge is -2.16. The van der Waals surface area contributed by atoms with Gasteiger partial charge in [0.1, 0.15) is 6.10 Å². The second-order valence-electron chi connectivity index (χ2n) is 5.06. The Morgan fingerprint density at radius 2 is 2.11 bits per heavy atom. The number of benzene rings is 1. The lowest BCUT2D eigenvalue weighted by atomic mass is 10.1. The molecule has 0 spiro atoms. The van der Waals surface area contributed by atoms with E-state index < -0.39 is 6.10 Å². The van der Waals surface area contributed by atoms with Gasteiger partial charge < -0.3 is 9.84 Å². The van der Waals surface area contributed by atoms with Crippen LogP contribution in [0.3, 0.4) is 0 Å². The van der Waals surface area contributed by atoms with Crippen LogP contribution in [0.25, 0.3) is 5.69 Å². The number of aromatic nitrogens is 2. The number of aliphatic hydroxyl groups is 1. The van der Waals surface area contributed by atoms with Gasteiger partial charge in [-0.25, -0.2) is 4.68 Å². The number of hydrogen-bond acceptors (Lipinski definition) is 3. The zero-order valence-electron chi connectivity index (χ0n) is 10.9. The third kappa shape index (κ3) is 2.55. The summed E-state index contributed by atoms with van der Waals surface area (Å²) < 4.78 is 7.48. The molecule has 2 heterocycles. The van der Waals surface area contributed by atoms with Gasteiger partial charge >= 0.3 is 0 Å². The van der Waals surface area contributed by atoms with Gasteiger partial charge in [0, 0.05) is 11.8 Å². The normalized spacial score (nSPS) is 24.5. The maximum absolute atomic E-state index is 10.3. The lowest BCUT2D eigenvalue weighted by molar-refractivity contribution is -0.0297. The molecule has 19 heavy (non-hydrogen) atoms. The lowest BCUT2D eigenvalue weighted by Crippen LogP contribution is -2.18. The molecule has 1 saturated heterocycles. The van der Waals surface area contributed by atoms with Crippen molar-refractivity contribution in [2.24, 2.45) is 0 Å². The van der Waals surface area contributed by atoms with Crippen molar-refractivity contribution in [3.05, 3.63) is 48.3 Å². The SMILES string of the molecule is CC1CCC(C(O)c2cnn(-c3ccccc3)c2)O1. The van der Waals surface area contributed by atoms with E-state index in [-0.39, 0.29) is 12.2 Å². The number of rotatable bonds is 3. The Morgan fingerprint density at radius 1 is 1.32 bits per heavy atom. The first kappa shape index (κ1) is 12.4. The molecule has 1 aliphatic rings. The van der Waals surface area contributed by atoms with Crippen LogP contribution in [0.15, 0.2) is 42.7 Å². The second kappa shape index (κ2) is 5.15. The summed E-state index contributed by atoms with van der Waals surface area (Å²) in [6.45, 7) is 2.04. The van der Waals surface area contributed by atoms with Crippen LogP contribution in [-0.4, -0.2) is 27.1 Å². The summed E-state index contributed by atoms with van der Waals surface area (Å²) >= 11 is 0. The van der Waals surface area contributed by atoms with E-state index in [9.17, 15) is 5.11 Å². The van der Waals surface area contributed by atoms with E-state index in [1.165, 1.54) is 0 Å². The summed E-state index contributed by atoms with van der Waals surface area (Å²) in [5, 5.41) is 14.6. The third-order valence-electron chi connectivity index (χ3n) is 3.58. The van der Waals surface area contributed by atoms with Crippen molar-refractivity contribution >= 4 is 0 Å². The van der Waals surface area contributed by atoms with Crippen LogP contribution in [0, 0.1) is 0 Å². The smallest absolute Gasteiger partial charge is 0.108 e. The molecule has 1 aromatic heterocycles. The Labute approximate surface area is 112 Å². The van der Waals surface area contributed by atoms with E-state index in [4.69, 9.17) is 4.74 Å². The van der Waals surface area contributed by atoms with Gasteiger partial charge in [0.2, 0.25) is 0 Å². The van der Waals surface area contributed by atoms with Crippen LogP contribution in [0.2, 0.25) is 0 Å². The molecule has 4 heteroatoms. The maximum atomic E-state index is 10.3. The van der Waals surface area contributed by atoms with Crippen LogP contribution in [-0.2, 0) is 4.74 Å². The molecule has 0 radical (unpaired) electrons. The summed E-state index contributed by atoms with van der Waals surface area (Å²) in [6, 6.07) is 9.87. The molecule has 0 bridgehead atoms. The second-order valence-corrected chi connectivity index (χ2v) is 5.06. The third-order valence-corrected chi connectivity index (χ3v) is 3.58. The number of para-hydroxylation sites is 1. The number of ether oxygens (including phenoxy) is 1. The molecular weight excluding hydrogens is 240 g/mol. The quantitative estimate of drug-likeness (QED) is 0.920. The van der Waals surface area contributed by atoms with Crippen LogP contribution in [0.5, 0.6) is 0 Å². The molecule has 1 aromatic carbocycles. The average molecular weight is 258 g/mol. The maximum Gasteiger partial charge on any atom is 0.108 e.